The third kappa shape index (κ3) is 7.10. The maximum Gasteiger partial charge on any atom is 0.0920 e. The van der Waals surface area contributed by atoms with E-state index in [2.05, 4.69) is 91.1 Å². The van der Waals surface area contributed by atoms with Gasteiger partial charge in [0.05, 0.1) is 11.9 Å². The van der Waals surface area contributed by atoms with Crippen LogP contribution in [0.15, 0.2) is 36.8 Å². The van der Waals surface area contributed by atoms with Crippen molar-refractivity contribution in [1.82, 2.24) is 15.5 Å². The van der Waals surface area contributed by atoms with Gasteiger partial charge in [0.1, 0.15) is 0 Å². The lowest BCUT2D eigenvalue weighted by Crippen LogP contribution is -2.52. The molecule has 2 fully saturated rings. The number of rotatable bonds is 15. The second-order valence-corrected chi connectivity index (χ2v) is 13.2. The summed E-state index contributed by atoms with van der Waals surface area (Å²) in [5, 5.41) is 7.66. The lowest BCUT2D eigenvalue weighted by Gasteiger charge is -2.45. The summed E-state index contributed by atoms with van der Waals surface area (Å²) in [4.78, 5) is 2.46. The topological polar surface area (TPSA) is 27.3 Å². The molecule has 0 aromatic heterocycles. The van der Waals surface area contributed by atoms with Crippen LogP contribution in [0.5, 0.6) is 0 Å². The molecule has 2 N–H and O–H groups in total. The van der Waals surface area contributed by atoms with E-state index in [-0.39, 0.29) is 11.5 Å². The molecule has 0 aliphatic heterocycles. The summed E-state index contributed by atoms with van der Waals surface area (Å²) in [7, 11) is 2.26. The second-order valence-electron chi connectivity index (χ2n) is 13.2. The van der Waals surface area contributed by atoms with E-state index in [9.17, 15) is 0 Å². The molecule has 0 spiro atoms. The molecule has 3 nitrogen and oxygen atoms in total. The monoisotopic (exact) mass is 485 g/mol. The van der Waals surface area contributed by atoms with Gasteiger partial charge in [-0.25, -0.2) is 0 Å². The van der Waals surface area contributed by atoms with Gasteiger partial charge in [-0.05, 0) is 60.7 Å². The molecule has 2 rings (SSSR count). The average molecular weight is 486 g/mol. The molecule has 0 heterocycles. The molecule has 0 aromatic rings. The van der Waals surface area contributed by atoms with Crippen molar-refractivity contribution < 1.29 is 0 Å². The van der Waals surface area contributed by atoms with Crippen LogP contribution in [0.25, 0.3) is 0 Å². The molecule has 4 unspecified atom stereocenters. The first-order valence-corrected chi connectivity index (χ1v) is 14.6. The standard InChI is InChI=1S/C32H59N3/c1-13-18-28(23(5)14-2)33-26(8)34-30(32(11)19-16-15-17-20-32)25(7)35(12)21-27-29(31(27,9)10)24(6)22(3)4/h23-24,27-30,33-34H,3,7-8,13-21H2,1-2,4-6,9-12H3/t23?,24?,27-,28?,29+,30?/m0/s1. The molecular weight excluding hydrogens is 426 g/mol. The van der Waals surface area contributed by atoms with Crippen molar-refractivity contribution in [1.29, 1.82) is 0 Å². The molecule has 3 heteroatoms. The Kier molecular flexibility index (Phi) is 10.4. The summed E-state index contributed by atoms with van der Waals surface area (Å²) >= 11 is 0. The van der Waals surface area contributed by atoms with Crippen LogP contribution in [-0.2, 0) is 0 Å². The Morgan fingerprint density at radius 2 is 1.60 bits per heavy atom. The molecule has 0 aromatic carbocycles. The number of allylic oxidation sites excluding steroid dienone is 1. The number of hydrogen-bond acceptors (Lipinski definition) is 3. The minimum absolute atomic E-state index is 0.200. The van der Waals surface area contributed by atoms with Gasteiger partial charge in [0, 0.05) is 25.3 Å². The summed E-state index contributed by atoms with van der Waals surface area (Å²) in [6, 6.07) is 0.665. The van der Waals surface area contributed by atoms with E-state index >= 15 is 0 Å². The van der Waals surface area contributed by atoms with Crippen LogP contribution in [0.4, 0.5) is 0 Å². The highest BCUT2D eigenvalue weighted by atomic mass is 15.2. The summed E-state index contributed by atoms with van der Waals surface area (Å²) in [5.41, 5.74) is 3.09. The van der Waals surface area contributed by atoms with Crippen LogP contribution in [0.3, 0.4) is 0 Å². The quantitative estimate of drug-likeness (QED) is 0.229. The van der Waals surface area contributed by atoms with E-state index in [1.54, 1.807) is 0 Å². The Morgan fingerprint density at radius 3 is 2.11 bits per heavy atom. The Morgan fingerprint density at radius 1 is 1.00 bits per heavy atom. The first-order valence-electron chi connectivity index (χ1n) is 14.6. The highest BCUT2D eigenvalue weighted by molar-refractivity contribution is 5.19. The lowest BCUT2D eigenvalue weighted by molar-refractivity contribution is 0.146. The largest absolute Gasteiger partial charge is 0.376 e. The van der Waals surface area contributed by atoms with E-state index in [4.69, 9.17) is 6.58 Å². The zero-order valence-electron chi connectivity index (χ0n) is 24.9. The predicted molar refractivity (Wildman–Crippen MR) is 155 cm³/mol. The third-order valence-electron chi connectivity index (χ3n) is 10.1. The van der Waals surface area contributed by atoms with E-state index in [1.165, 1.54) is 62.6 Å². The molecule has 0 saturated heterocycles. The molecule has 35 heavy (non-hydrogen) atoms. The van der Waals surface area contributed by atoms with Gasteiger partial charge >= 0.3 is 0 Å². The highest BCUT2D eigenvalue weighted by Gasteiger charge is 2.59. The maximum absolute atomic E-state index is 4.71. The van der Waals surface area contributed by atoms with Crippen molar-refractivity contribution in [2.24, 2.45) is 34.5 Å². The van der Waals surface area contributed by atoms with Crippen LogP contribution in [-0.4, -0.2) is 30.6 Å². The summed E-state index contributed by atoms with van der Waals surface area (Å²) in [6.07, 6.45) is 10.0. The minimum Gasteiger partial charge on any atom is -0.376 e. The van der Waals surface area contributed by atoms with E-state index < -0.39 is 0 Å². The Balaban J connectivity index is 2.17. The van der Waals surface area contributed by atoms with Gasteiger partial charge in [-0.1, -0.05) is 106 Å². The van der Waals surface area contributed by atoms with Crippen molar-refractivity contribution in [2.45, 2.75) is 119 Å². The van der Waals surface area contributed by atoms with Crippen molar-refractivity contribution in [3.8, 4) is 0 Å². The fraction of sp³-hybridized carbons (Fsp3) is 0.812. The summed E-state index contributed by atoms with van der Waals surface area (Å²) in [6.45, 7) is 33.3. The summed E-state index contributed by atoms with van der Waals surface area (Å²) < 4.78 is 0. The fourth-order valence-corrected chi connectivity index (χ4v) is 6.91. The molecule has 2 aliphatic carbocycles. The first kappa shape index (κ1) is 29.8. The van der Waals surface area contributed by atoms with Crippen LogP contribution in [0.1, 0.15) is 107 Å². The molecule has 202 valence electrons. The van der Waals surface area contributed by atoms with Crippen LogP contribution >= 0.6 is 0 Å². The molecule has 0 bridgehead atoms. The number of likely N-dealkylation sites (N-methyl/N-ethyl adjacent to an activating group) is 1. The first-order chi connectivity index (χ1) is 16.3. The molecule has 2 aliphatic rings. The Bertz CT molecular complexity index is 729. The predicted octanol–water partition coefficient (Wildman–Crippen LogP) is 8.12. The van der Waals surface area contributed by atoms with Gasteiger partial charge in [-0.15, -0.1) is 0 Å². The second kappa shape index (κ2) is 12.2. The van der Waals surface area contributed by atoms with Gasteiger partial charge in [0.25, 0.3) is 0 Å². The minimum atomic E-state index is 0.200. The van der Waals surface area contributed by atoms with Gasteiger partial charge < -0.3 is 15.5 Å². The number of nitrogens with one attached hydrogen (secondary N) is 2. The normalized spacial score (nSPS) is 26.1. The van der Waals surface area contributed by atoms with Crippen LogP contribution in [0.2, 0.25) is 0 Å². The molecule has 0 amide bonds. The van der Waals surface area contributed by atoms with Crippen molar-refractivity contribution in [3.05, 3.63) is 36.8 Å². The van der Waals surface area contributed by atoms with Gasteiger partial charge in [0.2, 0.25) is 0 Å². The smallest absolute Gasteiger partial charge is 0.0920 e. The van der Waals surface area contributed by atoms with Gasteiger partial charge in [-0.2, -0.15) is 0 Å². The van der Waals surface area contributed by atoms with Gasteiger partial charge in [0.15, 0.2) is 0 Å². The number of nitrogens with zero attached hydrogens (tertiary/aromatic N) is 1. The number of hydrogen-bond donors (Lipinski definition) is 2. The van der Waals surface area contributed by atoms with Crippen molar-refractivity contribution in [2.75, 3.05) is 13.6 Å². The summed E-state index contributed by atoms with van der Waals surface area (Å²) in [5.74, 6) is 3.55. The molecule has 6 atom stereocenters. The zero-order chi connectivity index (χ0) is 26.6. The fourth-order valence-electron chi connectivity index (χ4n) is 6.91. The third-order valence-corrected chi connectivity index (χ3v) is 10.1. The van der Waals surface area contributed by atoms with Crippen molar-refractivity contribution >= 4 is 0 Å². The SMILES string of the molecule is C=C(NC(CCC)C(C)CC)NC(C(=C)N(C)C[C@H]1[C@@H](C(C)C(=C)C)C1(C)C)C1(C)CCCCC1. The highest BCUT2D eigenvalue weighted by Crippen LogP contribution is 2.63. The van der Waals surface area contributed by atoms with Crippen LogP contribution < -0.4 is 10.6 Å². The van der Waals surface area contributed by atoms with Crippen molar-refractivity contribution in [3.63, 3.8) is 0 Å². The molecule has 2 saturated carbocycles. The van der Waals surface area contributed by atoms with E-state index in [1.807, 2.05) is 0 Å². The average Bonchev–Trinajstić information content (AvgIpc) is 3.34. The van der Waals surface area contributed by atoms with Crippen LogP contribution in [0, 0.1) is 34.5 Å². The molecule has 0 radical (unpaired) electrons. The molecular formula is C32H59N3. The van der Waals surface area contributed by atoms with E-state index in [0.29, 0.717) is 35.1 Å². The van der Waals surface area contributed by atoms with E-state index in [0.717, 1.165) is 12.4 Å². The lowest BCUT2D eigenvalue weighted by atomic mass is 9.69. The maximum atomic E-state index is 4.71. The zero-order valence-corrected chi connectivity index (χ0v) is 24.9. The Hall–Kier alpha value is -1.38. The Labute approximate surface area is 219 Å². The van der Waals surface area contributed by atoms with Gasteiger partial charge in [-0.3, -0.25) is 0 Å².